The maximum atomic E-state index is 11.4. The van der Waals surface area contributed by atoms with Gasteiger partial charge in [0.25, 0.3) is 0 Å². The molecule has 0 amide bonds. The van der Waals surface area contributed by atoms with E-state index >= 15 is 0 Å². The number of ether oxygens (including phenoxy) is 1. The molecule has 2 aromatic carbocycles. The Bertz CT molecular complexity index is 627. The SMILES string of the molecule is O=C1C=Cc2c(cccc2OCc2ccccc2)C1. The van der Waals surface area contributed by atoms with E-state index in [0.29, 0.717) is 13.0 Å². The van der Waals surface area contributed by atoms with Crippen LogP contribution in [-0.4, -0.2) is 5.78 Å². The van der Waals surface area contributed by atoms with Crippen LogP contribution in [0.15, 0.2) is 54.6 Å². The van der Waals surface area contributed by atoms with Crippen molar-refractivity contribution in [1.82, 2.24) is 0 Å². The van der Waals surface area contributed by atoms with Crippen LogP contribution in [0.2, 0.25) is 0 Å². The number of benzene rings is 2. The topological polar surface area (TPSA) is 26.3 Å². The summed E-state index contributed by atoms with van der Waals surface area (Å²) in [7, 11) is 0. The molecule has 19 heavy (non-hydrogen) atoms. The zero-order valence-electron chi connectivity index (χ0n) is 10.5. The average Bonchev–Trinajstić information content (AvgIpc) is 2.45. The van der Waals surface area contributed by atoms with E-state index in [4.69, 9.17) is 4.74 Å². The van der Waals surface area contributed by atoms with Crippen LogP contribution in [0.1, 0.15) is 16.7 Å². The summed E-state index contributed by atoms with van der Waals surface area (Å²) in [5.74, 6) is 0.984. The molecule has 2 heteroatoms. The maximum absolute atomic E-state index is 11.4. The molecule has 1 aliphatic carbocycles. The summed E-state index contributed by atoms with van der Waals surface area (Å²) in [5, 5.41) is 0. The number of carbonyl (C=O) groups is 1. The number of ketones is 1. The van der Waals surface area contributed by atoms with Crippen molar-refractivity contribution in [3.63, 3.8) is 0 Å². The highest BCUT2D eigenvalue weighted by Gasteiger charge is 2.14. The quantitative estimate of drug-likeness (QED) is 0.834. The van der Waals surface area contributed by atoms with E-state index < -0.39 is 0 Å². The highest BCUT2D eigenvalue weighted by Crippen LogP contribution is 2.28. The van der Waals surface area contributed by atoms with Crippen molar-refractivity contribution in [3.05, 3.63) is 71.3 Å². The van der Waals surface area contributed by atoms with Gasteiger partial charge in [-0.1, -0.05) is 42.5 Å². The van der Waals surface area contributed by atoms with Crippen molar-refractivity contribution in [3.8, 4) is 5.75 Å². The predicted octanol–water partition coefficient (Wildman–Crippen LogP) is 3.40. The first kappa shape index (κ1) is 11.7. The van der Waals surface area contributed by atoms with Crippen molar-refractivity contribution < 1.29 is 9.53 Å². The lowest BCUT2D eigenvalue weighted by Crippen LogP contribution is -2.07. The van der Waals surface area contributed by atoms with E-state index in [-0.39, 0.29) is 5.78 Å². The van der Waals surface area contributed by atoms with Crippen LogP contribution in [0, 0.1) is 0 Å². The third kappa shape index (κ3) is 2.58. The molecule has 0 saturated heterocycles. The van der Waals surface area contributed by atoms with Crippen LogP contribution in [-0.2, 0) is 17.8 Å². The monoisotopic (exact) mass is 250 g/mol. The third-order valence-corrected chi connectivity index (χ3v) is 3.19. The van der Waals surface area contributed by atoms with Gasteiger partial charge >= 0.3 is 0 Å². The summed E-state index contributed by atoms with van der Waals surface area (Å²) >= 11 is 0. The Kier molecular flexibility index (Phi) is 3.15. The highest BCUT2D eigenvalue weighted by atomic mass is 16.5. The molecule has 0 atom stereocenters. The number of allylic oxidation sites excluding steroid dienone is 1. The Morgan fingerprint density at radius 2 is 1.79 bits per heavy atom. The molecule has 0 N–H and O–H groups in total. The standard InChI is InChI=1S/C17H14O2/c18-15-9-10-16-14(11-15)7-4-8-17(16)19-12-13-5-2-1-3-6-13/h1-10H,11-12H2. The fourth-order valence-electron chi connectivity index (χ4n) is 2.22. The van der Waals surface area contributed by atoms with Crippen LogP contribution in [0.5, 0.6) is 5.75 Å². The van der Waals surface area contributed by atoms with Crippen LogP contribution in [0.4, 0.5) is 0 Å². The molecule has 3 rings (SSSR count). The largest absolute Gasteiger partial charge is 0.488 e. The van der Waals surface area contributed by atoms with Gasteiger partial charge in [-0.05, 0) is 29.3 Å². The van der Waals surface area contributed by atoms with Crippen molar-refractivity contribution in [1.29, 1.82) is 0 Å². The Morgan fingerprint density at radius 1 is 0.947 bits per heavy atom. The molecule has 0 fully saturated rings. The van der Waals surface area contributed by atoms with Crippen molar-refractivity contribution in [2.75, 3.05) is 0 Å². The first-order valence-corrected chi connectivity index (χ1v) is 6.32. The number of hydrogen-bond donors (Lipinski definition) is 0. The summed E-state index contributed by atoms with van der Waals surface area (Å²) in [6.07, 6.45) is 3.94. The lowest BCUT2D eigenvalue weighted by molar-refractivity contribution is -0.114. The molecule has 0 saturated carbocycles. The molecule has 0 aliphatic heterocycles. The molecule has 0 spiro atoms. The molecule has 2 aromatic rings. The fraction of sp³-hybridized carbons (Fsp3) is 0.118. The number of carbonyl (C=O) groups excluding carboxylic acids is 1. The summed E-state index contributed by atoms with van der Waals surface area (Å²) in [4.78, 5) is 11.4. The second-order valence-corrected chi connectivity index (χ2v) is 4.58. The summed E-state index contributed by atoms with van der Waals surface area (Å²) in [5.41, 5.74) is 3.20. The lowest BCUT2D eigenvalue weighted by atomic mass is 9.96. The second kappa shape index (κ2) is 5.11. The first-order chi connectivity index (χ1) is 9.33. The van der Waals surface area contributed by atoms with Gasteiger partial charge in [-0.15, -0.1) is 0 Å². The first-order valence-electron chi connectivity index (χ1n) is 6.32. The van der Waals surface area contributed by atoms with Crippen LogP contribution < -0.4 is 4.74 Å². The van der Waals surface area contributed by atoms with Gasteiger partial charge in [0.15, 0.2) is 5.78 Å². The Morgan fingerprint density at radius 3 is 2.63 bits per heavy atom. The normalized spacial score (nSPS) is 13.2. The van der Waals surface area contributed by atoms with E-state index in [1.807, 2.05) is 54.6 Å². The van der Waals surface area contributed by atoms with Crippen molar-refractivity contribution in [2.24, 2.45) is 0 Å². The number of fused-ring (bicyclic) bond motifs is 1. The second-order valence-electron chi connectivity index (χ2n) is 4.58. The van der Waals surface area contributed by atoms with E-state index in [0.717, 1.165) is 22.4 Å². The minimum absolute atomic E-state index is 0.146. The molecule has 0 radical (unpaired) electrons. The molecule has 0 aromatic heterocycles. The van der Waals surface area contributed by atoms with Gasteiger partial charge in [-0.2, -0.15) is 0 Å². The van der Waals surface area contributed by atoms with Crippen LogP contribution in [0.3, 0.4) is 0 Å². The van der Waals surface area contributed by atoms with Crippen LogP contribution in [0.25, 0.3) is 6.08 Å². The maximum Gasteiger partial charge on any atom is 0.160 e. The number of rotatable bonds is 3. The smallest absolute Gasteiger partial charge is 0.160 e. The van der Waals surface area contributed by atoms with Gasteiger partial charge in [-0.25, -0.2) is 0 Å². The highest BCUT2D eigenvalue weighted by molar-refractivity contribution is 5.99. The Labute approximate surface area is 112 Å². The predicted molar refractivity (Wildman–Crippen MR) is 75.0 cm³/mol. The summed E-state index contributed by atoms with van der Waals surface area (Å²) < 4.78 is 5.86. The average molecular weight is 250 g/mol. The lowest BCUT2D eigenvalue weighted by Gasteiger charge is -2.15. The van der Waals surface area contributed by atoms with E-state index in [2.05, 4.69) is 0 Å². The Hall–Kier alpha value is -2.35. The van der Waals surface area contributed by atoms with Crippen molar-refractivity contribution >= 4 is 11.9 Å². The molecular weight excluding hydrogens is 236 g/mol. The minimum Gasteiger partial charge on any atom is -0.488 e. The van der Waals surface area contributed by atoms with E-state index in [9.17, 15) is 4.79 Å². The van der Waals surface area contributed by atoms with Crippen LogP contribution >= 0.6 is 0 Å². The molecule has 0 bridgehead atoms. The summed E-state index contributed by atoms with van der Waals surface area (Å²) in [6, 6.07) is 15.9. The van der Waals surface area contributed by atoms with Gasteiger partial charge in [-0.3, -0.25) is 4.79 Å². The Balaban J connectivity index is 1.82. The van der Waals surface area contributed by atoms with Gasteiger partial charge in [0.1, 0.15) is 12.4 Å². The van der Waals surface area contributed by atoms with Gasteiger partial charge in [0.2, 0.25) is 0 Å². The molecule has 0 heterocycles. The van der Waals surface area contributed by atoms with Gasteiger partial charge in [0.05, 0.1) is 0 Å². The molecule has 94 valence electrons. The minimum atomic E-state index is 0.146. The zero-order chi connectivity index (χ0) is 13.1. The fourth-order valence-corrected chi connectivity index (χ4v) is 2.22. The molecule has 1 aliphatic rings. The molecule has 0 unspecified atom stereocenters. The van der Waals surface area contributed by atoms with E-state index in [1.54, 1.807) is 6.08 Å². The van der Waals surface area contributed by atoms with Crippen molar-refractivity contribution in [2.45, 2.75) is 13.0 Å². The number of hydrogen-bond acceptors (Lipinski definition) is 2. The summed E-state index contributed by atoms with van der Waals surface area (Å²) in [6.45, 7) is 0.541. The van der Waals surface area contributed by atoms with E-state index in [1.165, 1.54) is 0 Å². The third-order valence-electron chi connectivity index (χ3n) is 3.19. The van der Waals surface area contributed by atoms with Gasteiger partial charge in [0, 0.05) is 12.0 Å². The molecule has 2 nitrogen and oxygen atoms in total. The molecular formula is C17H14O2. The zero-order valence-corrected chi connectivity index (χ0v) is 10.5. The van der Waals surface area contributed by atoms with Gasteiger partial charge < -0.3 is 4.74 Å².